The van der Waals surface area contributed by atoms with Crippen LogP contribution in [0.1, 0.15) is 58.2 Å². The zero-order valence-corrected chi connectivity index (χ0v) is 13.9. The number of nitrogens with zero attached hydrogens (tertiary/aromatic N) is 3. The molecule has 1 aromatic heterocycles. The Balaban J connectivity index is 1.51. The summed E-state index contributed by atoms with van der Waals surface area (Å²) in [5.41, 5.74) is -0.310. The predicted octanol–water partition coefficient (Wildman–Crippen LogP) is 2.55. The topological polar surface area (TPSA) is 58.1 Å². The molecule has 2 aliphatic rings. The van der Waals surface area contributed by atoms with Crippen molar-refractivity contribution in [1.29, 1.82) is 0 Å². The van der Waals surface area contributed by atoms with Gasteiger partial charge < -0.3 is 10.2 Å². The number of piperidine rings is 1. The second-order valence-corrected chi connectivity index (χ2v) is 7.92. The minimum absolute atomic E-state index is 0.146. The third-order valence-corrected chi connectivity index (χ3v) is 4.95. The van der Waals surface area contributed by atoms with Crippen molar-refractivity contribution in [2.75, 3.05) is 18.0 Å². The van der Waals surface area contributed by atoms with Crippen LogP contribution in [0.5, 0.6) is 0 Å². The van der Waals surface area contributed by atoms with Crippen LogP contribution < -0.4 is 10.2 Å². The van der Waals surface area contributed by atoms with Crippen molar-refractivity contribution < 1.29 is 4.79 Å². The predicted molar refractivity (Wildman–Crippen MR) is 84.7 cm³/mol. The maximum Gasteiger partial charge on any atom is 0.225 e. The number of nitrogens with one attached hydrogen (secondary N) is 1. The minimum Gasteiger partial charge on any atom is -0.353 e. The Morgan fingerprint density at radius 1 is 1.24 bits per heavy atom. The van der Waals surface area contributed by atoms with Crippen LogP contribution in [0, 0.1) is 5.41 Å². The number of hydrogen-bond donors (Lipinski definition) is 1. The van der Waals surface area contributed by atoms with Crippen molar-refractivity contribution in [3.8, 4) is 0 Å². The van der Waals surface area contributed by atoms with Crippen LogP contribution in [0.3, 0.4) is 0 Å². The molecule has 1 aromatic rings. The van der Waals surface area contributed by atoms with E-state index in [9.17, 15) is 4.79 Å². The highest BCUT2D eigenvalue weighted by Gasteiger charge is 2.30. The first-order valence-corrected chi connectivity index (χ1v) is 8.60. The molecule has 1 saturated carbocycles. The molecule has 1 N–H and O–H groups in total. The average molecular weight is 308 g/mol. The zero-order chi connectivity index (χ0) is 15.0. The van der Waals surface area contributed by atoms with Crippen LogP contribution in [0.15, 0.2) is 0 Å². The lowest BCUT2D eigenvalue weighted by atomic mass is 9.94. The van der Waals surface area contributed by atoms with Crippen LogP contribution in [0.2, 0.25) is 0 Å². The summed E-state index contributed by atoms with van der Waals surface area (Å²) in [6.07, 6.45) is 4.47. The molecular formula is C15H24N4OS. The number of amides is 1. The molecule has 1 saturated heterocycles. The molecule has 1 aliphatic carbocycles. The average Bonchev–Trinajstić information content (AvgIpc) is 3.17. The minimum atomic E-state index is -0.310. The molecule has 0 spiro atoms. The molecule has 0 aromatic carbocycles. The van der Waals surface area contributed by atoms with E-state index in [2.05, 4.69) is 19.6 Å². The van der Waals surface area contributed by atoms with E-state index in [1.54, 1.807) is 0 Å². The quantitative estimate of drug-likeness (QED) is 0.932. The van der Waals surface area contributed by atoms with E-state index in [1.165, 1.54) is 24.4 Å². The summed E-state index contributed by atoms with van der Waals surface area (Å²) in [6.45, 7) is 7.77. The van der Waals surface area contributed by atoms with Crippen molar-refractivity contribution >= 4 is 22.6 Å². The Kier molecular flexibility index (Phi) is 3.90. The van der Waals surface area contributed by atoms with Crippen LogP contribution in [-0.4, -0.2) is 34.4 Å². The van der Waals surface area contributed by atoms with E-state index in [0.717, 1.165) is 36.9 Å². The van der Waals surface area contributed by atoms with Gasteiger partial charge in [-0.1, -0.05) is 20.8 Å². The lowest BCUT2D eigenvalue weighted by Gasteiger charge is -2.33. The number of carbonyl (C=O) groups excluding carboxylic acids is 1. The van der Waals surface area contributed by atoms with E-state index in [4.69, 9.17) is 0 Å². The molecule has 1 aliphatic heterocycles. The van der Waals surface area contributed by atoms with Gasteiger partial charge in [0.05, 0.1) is 0 Å². The number of anilines is 1. The van der Waals surface area contributed by atoms with Crippen LogP contribution in [-0.2, 0) is 4.79 Å². The maximum atomic E-state index is 12.0. The van der Waals surface area contributed by atoms with Gasteiger partial charge in [0.2, 0.25) is 11.0 Å². The summed E-state index contributed by atoms with van der Waals surface area (Å²) in [5.74, 6) is 1.81. The van der Waals surface area contributed by atoms with Crippen molar-refractivity contribution in [3.63, 3.8) is 0 Å². The fourth-order valence-corrected chi connectivity index (χ4v) is 3.28. The highest BCUT2D eigenvalue weighted by atomic mass is 32.1. The number of aromatic nitrogens is 2. The summed E-state index contributed by atoms with van der Waals surface area (Å²) in [5, 5.41) is 4.22. The molecule has 3 rings (SSSR count). The summed E-state index contributed by atoms with van der Waals surface area (Å²) >= 11 is 1.52. The Labute approximate surface area is 130 Å². The second-order valence-electron chi connectivity index (χ2n) is 7.19. The first-order valence-electron chi connectivity index (χ1n) is 7.83. The van der Waals surface area contributed by atoms with Gasteiger partial charge in [0.1, 0.15) is 5.82 Å². The van der Waals surface area contributed by atoms with E-state index >= 15 is 0 Å². The highest BCUT2D eigenvalue weighted by molar-refractivity contribution is 7.09. The summed E-state index contributed by atoms with van der Waals surface area (Å²) < 4.78 is 4.47. The second kappa shape index (κ2) is 5.55. The smallest absolute Gasteiger partial charge is 0.225 e. The molecule has 0 radical (unpaired) electrons. The van der Waals surface area contributed by atoms with E-state index < -0.39 is 0 Å². The Hall–Kier alpha value is -1.17. The van der Waals surface area contributed by atoms with Gasteiger partial charge in [-0.25, -0.2) is 4.98 Å². The first-order chi connectivity index (χ1) is 9.93. The summed E-state index contributed by atoms with van der Waals surface area (Å²) in [6, 6.07) is 0.295. The van der Waals surface area contributed by atoms with Crippen molar-refractivity contribution in [1.82, 2.24) is 14.7 Å². The van der Waals surface area contributed by atoms with Crippen molar-refractivity contribution in [2.24, 2.45) is 5.41 Å². The third kappa shape index (κ3) is 3.54. The molecule has 2 fully saturated rings. The number of carbonyl (C=O) groups is 1. The van der Waals surface area contributed by atoms with E-state index in [0.29, 0.717) is 12.0 Å². The van der Waals surface area contributed by atoms with Gasteiger partial charge in [0.15, 0.2) is 0 Å². The fourth-order valence-electron chi connectivity index (χ4n) is 2.48. The van der Waals surface area contributed by atoms with Crippen LogP contribution in [0.25, 0.3) is 0 Å². The number of rotatable bonds is 3. The molecular weight excluding hydrogens is 284 g/mol. The molecule has 0 unspecified atom stereocenters. The lowest BCUT2D eigenvalue weighted by molar-refractivity contribution is -0.129. The van der Waals surface area contributed by atoms with E-state index in [-0.39, 0.29) is 11.3 Å². The van der Waals surface area contributed by atoms with Gasteiger partial charge in [-0.05, 0) is 25.7 Å². The van der Waals surface area contributed by atoms with Crippen molar-refractivity contribution in [2.45, 2.75) is 58.4 Å². The largest absolute Gasteiger partial charge is 0.353 e. The van der Waals surface area contributed by atoms with Gasteiger partial charge in [-0.2, -0.15) is 4.37 Å². The Morgan fingerprint density at radius 3 is 2.48 bits per heavy atom. The number of hydrogen-bond acceptors (Lipinski definition) is 5. The Bertz CT molecular complexity index is 510. The van der Waals surface area contributed by atoms with Gasteiger partial charge in [-0.3, -0.25) is 4.79 Å². The standard InChI is InChI=1S/C15H24N4OS/c1-15(2,3)13(20)16-11-6-8-19(9-7-11)14-17-12(18-21-14)10-4-5-10/h10-11H,4-9H2,1-3H3,(H,16,20). The van der Waals surface area contributed by atoms with Gasteiger partial charge in [0.25, 0.3) is 0 Å². The molecule has 0 bridgehead atoms. The van der Waals surface area contributed by atoms with Gasteiger partial charge >= 0.3 is 0 Å². The third-order valence-electron chi connectivity index (χ3n) is 4.16. The lowest BCUT2D eigenvalue weighted by Crippen LogP contribution is -2.47. The van der Waals surface area contributed by atoms with E-state index in [1.807, 2.05) is 20.8 Å². The van der Waals surface area contributed by atoms with Crippen molar-refractivity contribution in [3.05, 3.63) is 5.82 Å². The SMILES string of the molecule is CC(C)(C)C(=O)NC1CCN(c2nc(C3CC3)ns2)CC1. The molecule has 116 valence electrons. The molecule has 0 atom stereocenters. The van der Waals surface area contributed by atoms with Crippen LogP contribution >= 0.6 is 11.5 Å². The fraction of sp³-hybridized carbons (Fsp3) is 0.800. The molecule has 5 nitrogen and oxygen atoms in total. The zero-order valence-electron chi connectivity index (χ0n) is 13.1. The summed E-state index contributed by atoms with van der Waals surface area (Å²) in [4.78, 5) is 19.0. The Morgan fingerprint density at radius 2 is 1.90 bits per heavy atom. The molecule has 1 amide bonds. The molecule has 21 heavy (non-hydrogen) atoms. The monoisotopic (exact) mass is 308 g/mol. The van der Waals surface area contributed by atoms with Gasteiger partial charge in [-0.15, -0.1) is 0 Å². The summed E-state index contributed by atoms with van der Waals surface area (Å²) in [7, 11) is 0. The maximum absolute atomic E-state index is 12.0. The van der Waals surface area contributed by atoms with Crippen LogP contribution in [0.4, 0.5) is 5.13 Å². The highest BCUT2D eigenvalue weighted by Crippen LogP contribution is 2.39. The molecule has 2 heterocycles. The molecule has 6 heteroatoms. The normalized spacial score (nSPS) is 20.6. The first kappa shape index (κ1) is 14.8. The van der Waals surface area contributed by atoms with Gasteiger partial charge in [0, 0.05) is 42.0 Å².